The van der Waals surface area contributed by atoms with Gasteiger partial charge >= 0.3 is 0 Å². The number of carbonyl (C=O) groups excluding carboxylic acids is 2. The van der Waals surface area contributed by atoms with Crippen LogP contribution in [0.25, 0.3) is 5.57 Å². The normalized spacial score (nSPS) is 15.7. The predicted molar refractivity (Wildman–Crippen MR) is 95.7 cm³/mol. The van der Waals surface area contributed by atoms with E-state index in [0.717, 1.165) is 5.69 Å². The lowest BCUT2D eigenvalue weighted by Gasteiger charge is -2.28. The third kappa shape index (κ3) is 3.24. The summed E-state index contributed by atoms with van der Waals surface area (Å²) < 4.78 is 13.2. The minimum atomic E-state index is -0.452. The van der Waals surface area contributed by atoms with Gasteiger partial charge in [-0.1, -0.05) is 13.8 Å². The van der Waals surface area contributed by atoms with Crippen molar-refractivity contribution in [2.24, 2.45) is 0 Å². The lowest BCUT2D eigenvalue weighted by atomic mass is 9.86. The third-order valence-electron chi connectivity index (χ3n) is 4.39. The molecule has 0 saturated heterocycles. The molecule has 2 amide bonds. The monoisotopic (exact) mass is 356 g/mol. The molecule has 1 aliphatic heterocycles. The van der Waals surface area contributed by atoms with Crippen LogP contribution >= 0.6 is 0 Å². The molecule has 3 rings (SSSR count). The van der Waals surface area contributed by atoms with Crippen LogP contribution in [0.1, 0.15) is 42.4 Å². The minimum Gasteiger partial charge on any atom is -0.352 e. The van der Waals surface area contributed by atoms with Crippen molar-refractivity contribution in [3.05, 3.63) is 59.3 Å². The van der Waals surface area contributed by atoms with E-state index < -0.39 is 11.2 Å². The molecule has 26 heavy (non-hydrogen) atoms. The largest absolute Gasteiger partial charge is 0.352 e. The second kappa shape index (κ2) is 6.74. The number of likely N-dealkylation sites (N-methyl/N-ethyl adjacent to an activating group) is 1. The lowest BCUT2D eigenvalue weighted by Crippen LogP contribution is -2.37. The van der Waals surface area contributed by atoms with E-state index in [9.17, 15) is 14.0 Å². The van der Waals surface area contributed by atoms with E-state index in [1.807, 2.05) is 20.8 Å². The van der Waals surface area contributed by atoms with Gasteiger partial charge in [0.15, 0.2) is 0 Å². The van der Waals surface area contributed by atoms with E-state index in [0.29, 0.717) is 29.8 Å². The number of rotatable bonds is 3. The van der Waals surface area contributed by atoms with Gasteiger partial charge in [-0.15, -0.1) is 0 Å². The number of nitrogens with one attached hydrogen (secondary N) is 2. The van der Waals surface area contributed by atoms with Crippen molar-refractivity contribution in [1.29, 1.82) is 0 Å². The molecule has 136 valence electrons. The highest BCUT2D eigenvalue weighted by Crippen LogP contribution is 2.34. The Kier molecular flexibility index (Phi) is 4.63. The van der Waals surface area contributed by atoms with Gasteiger partial charge in [0.25, 0.3) is 11.8 Å². The first-order valence-electron chi connectivity index (χ1n) is 8.44. The molecule has 0 saturated carbocycles. The van der Waals surface area contributed by atoms with Crippen LogP contribution in [0, 0.1) is 5.82 Å². The lowest BCUT2D eigenvalue weighted by molar-refractivity contribution is -0.115. The van der Waals surface area contributed by atoms with Crippen LogP contribution in [-0.2, 0) is 10.2 Å². The van der Waals surface area contributed by atoms with E-state index in [4.69, 9.17) is 0 Å². The van der Waals surface area contributed by atoms with Gasteiger partial charge < -0.3 is 10.2 Å². The third-order valence-corrected chi connectivity index (χ3v) is 4.39. The molecule has 1 aliphatic rings. The second-order valence-corrected chi connectivity index (χ2v) is 6.88. The summed E-state index contributed by atoms with van der Waals surface area (Å²) in [5.74, 6) is -0.972. The number of carbonyl (C=O) groups is 2. The van der Waals surface area contributed by atoms with Gasteiger partial charge in [0, 0.05) is 35.8 Å². The summed E-state index contributed by atoms with van der Waals surface area (Å²) in [7, 11) is 0. The zero-order valence-electron chi connectivity index (χ0n) is 15.0. The van der Waals surface area contributed by atoms with Gasteiger partial charge in [-0.3, -0.25) is 14.7 Å². The maximum absolute atomic E-state index is 13.2. The summed E-state index contributed by atoms with van der Waals surface area (Å²) in [6, 6.07) is 5.38. The number of H-pyrrole nitrogens is 1. The first-order chi connectivity index (χ1) is 12.3. The maximum Gasteiger partial charge on any atom is 0.257 e. The van der Waals surface area contributed by atoms with Crippen molar-refractivity contribution in [3.8, 4) is 0 Å². The first kappa shape index (κ1) is 17.8. The molecule has 1 aromatic carbocycles. The van der Waals surface area contributed by atoms with Gasteiger partial charge in [0.2, 0.25) is 0 Å². The highest BCUT2D eigenvalue weighted by Gasteiger charge is 2.35. The molecular weight excluding hydrogens is 335 g/mol. The highest BCUT2D eigenvalue weighted by molar-refractivity contribution is 6.20. The van der Waals surface area contributed by atoms with Gasteiger partial charge in [-0.05, 0) is 31.2 Å². The first-order valence-corrected chi connectivity index (χ1v) is 8.44. The Morgan fingerprint density at radius 1 is 1.31 bits per heavy atom. The Morgan fingerprint density at radius 2 is 2.00 bits per heavy atom. The van der Waals surface area contributed by atoms with E-state index in [-0.39, 0.29) is 11.8 Å². The fraction of sp³-hybridized carbons (Fsp3) is 0.316. The zero-order valence-corrected chi connectivity index (χ0v) is 15.0. The van der Waals surface area contributed by atoms with Crippen molar-refractivity contribution >= 4 is 17.4 Å². The Hall–Kier alpha value is -2.96. The Labute approximate surface area is 151 Å². The molecule has 6 nitrogen and oxygen atoms in total. The van der Waals surface area contributed by atoms with Crippen molar-refractivity contribution in [3.63, 3.8) is 0 Å². The molecule has 0 unspecified atom stereocenters. The molecule has 0 bridgehead atoms. The van der Waals surface area contributed by atoms with Crippen molar-refractivity contribution in [1.82, 2.24) is 20.4 Å². The van der Waals surface area contributed by atoms with E-state index >= 15 is 0 Å². The minimum absolute atomic E-state index is 0.273. The van der Waals surface area contributed by atoms with Crippen LogP contribution in [0.5, 0.6) is 0 Å². The van der Waals surface area contributed by atoms with Gasteiger partial charge in [0.1, 0.15) is 5.82 Å². The Morgan fingerprint density at radius 3 is 2.65 bits per heavy atom. The average molecular weight is 356 g/mol. The smallest absolute Gasteiger partial charge is 0.257 e. The molecule has 7 heteroatoms. The van der Waals surface area contributed by atoms with Gasteiger partial charge in [-0.25, -0.2) is 4.39 Å². The maximum atomic E-state index is 13.2. The zero-order chi connectivity index (χ0) is 18.9. The Bertz CT molecular complexity index is 868. The van der Waals surface area contributed by atoms with Crippen LogP contribution in [0.3, 0.4) is 0 Å². The molecule has 0 spiro atoms. The topological polar surface area (TPSA) is 78.1 Å². The molecular formula is C19H21FN4O2. The highest BCUT2D eigenvalue weighted by atomic mass is 19.1. The van der Waals surface area contributed by atoms with Crippen LogP contribution in [0.4, 0.5) is 4.39 Å². The molecule has 0 radical (unpaired) electrons. The number of amides is 2. The van der Waals surface area contributed by atoms with Crippen LogP contribution < -0.4 is 5.32 Å². The Balaban J connectivity index is 2.06. The number of aromatic nitrogens is 2. The fourth-order valence-corrected chi connectivity index (χ4v) is 3.11. The summed E-state index contributed by atoms with van der Waals surface area (Å²) in [5, 5.41) is 9.82. The predicted octanol–water partition coefficient (Wildman–Crippen LogP) is 2.46. The summed E-state index contributed by atoms with van der Waals surface area (Å²) in [5.41, 5.74) is 1.75. The van der Waals surface area contributed by atoms with Gasteiger partial charge in [0.05, 0.1) is 17.5 Å². The number of hydrogen-bond acceptors (Lipinski definition) is 3. The van der Waals surface area contributed by atoms with Crippen LogP contribution in [0.15, 0.2) is 36.7 Å². The standard InChI is InChI=1S/C19H21FN4O2/c1-4-21-17(25)15-10-24(18(26)12-5-7-13(20)8-6-12)11-19(2,3)16-14(15)9-22-23-16/h5-10H,4,11H2,1-3H3,(H,21,25)(H,22,23). The van der Waals surface area contributed by atoms with Gasteiger partial charge in [-0.2, -0.15) is 5.10 Å². The molecule has 2 N–H and O–H groups in total. The summed E-state index contributed by atoms with van der Waals surface area (Å²) in [4.78, 5) is 27.0. The van der Waals surface area contributed by atoms with Crippen molar-refractivity contribution in [2.45, 2.75) is 26.2 Å². The molecule has 2 aromatic rings. The van der Waals surface area contributed by atoms with E-state index in [1.54, 1.807) is 12.4 Å². The number of halogens is 1. The summed E-state index contributed by atoms with van der Waals surface area (Å²) >= 11 is 0. The second-order valence-electron chi connectivity index (χ2n) is 6.88. The SMILES string of the molecule is CCNC(=O)C1=CN(C(=O)c2ccc(F)cc2)CC(C)(C)c2[nH]ncc21. The fourth-order valence-electron chi connectivity index (χ4n) is 3.11. The summed E-state index contributed by atoms with van der Waals surface area (Å²) in [6.07, 6.45) is 3.16. The van der Waals surface area contributed by atoms with Crippen molar-refractivity contribution < 1.29 is 14.0 Å². The quantitative estimate of drug-likeness (QED) is 0.887. The molecule has 0 fully saturated rings. The summed E-state index contributed by atoms with van der Waals surface area (Å²) in [6.45, 7) is 6.60. The number of nitrogens with zero attached hydrogens (tertiary/aromatic N) is 2. The number of benzene rings is 1. The van der Waals surface area contributed by atoms with E-state index in [1.165, 1.54) is 29.2 Å². The molecule has 0 atom stereocenters. The molecule has 2 heterocycles. The number of aromatic amines is 1. The average Bonchev–Trinajstić information content (AvgIpc) is 3.05. The number of hydrogen-bond donors (Lipinski definition) is 2. The van der Waals surface area contributed by atoms with Crippen molar-refractivity contribution in [2.75, 3.05) is 13.1 Å². The van der Waals surface area contributed by atoms with Crippen LogP contribution in [-0.4, -0.2) is 40.0 Å². The molecule has 1 aromatic heterocycles. The molecule has 0 aliphatic carbocycles. The van der Waals surface area contributed by atoms with E-state index in [2.05, 4.69) is 15.5 Å². The number of fused-ring (bicyclic) bond motifs is 1. The van der Waals surface area contributed by atoms with Crippen LogP contribution in [0.2, 0.25) is 0 Å².